The number of benzene rings is 1. The summed E-state index contributed by atoms with van der Waals surface area (Å²) in [5.74, 6) is -1.31. The summed E-state index contributed by atoms with van der Waals surface area (Å²) < 4.78 is 11.5. The number of nitrogens with two attached hydrogens (primary N) is 1. The van der Waals surface area contributed by atoms with E-state index in [0.717, 1.165) is 17.0 Å². The zero-order chi connectivity index (χ0) is 21.0. The van der Waals surface area contributed by atoms with E-state index in [1.54, 1.807) is 24.3 Å². The molecule has 0 radical (unpaired) electrons. The number of hydrogen-bond acceptors (Lipinski definition) is 5. The van der Waals surface area contributed by atoms with Gasteiger partial charge in [-0.15, -0.1) is 0 Å². The topological polar surface area (TPSA) is 101 Å². The van der Waals surface area contributed by atoms with E-state index in [0.29, 0.717) is 23.1 Å². The highest BCUT2D eigenvalue weighted by atomic mass is 16.5. The van der Waals surface area contributed by atoms with Gasteiger partial charge in [0.1, 0.15) is 0 Å². The van der Waals surface area contributed by atoms with E-state index in [4.69, 9.17) is 15.2 Å². The normalized spacial score (nSPS) is 10.8. The highest BCUT2D eigenvalue weighted by Gasteiger charge is 2.26. The lowest BCUT2D eigenvalue weighted by atomic mass is 9.97. The van der Waals surface area contributed by atoms with Crippen LogP contribution in [0, 0.1) is 6.92 Å². The molecule has 1 aromatic heterocycles. The van der Waals surface area contributed by atoms with Gasteiger partial charge in [0.05, 0.1) is 31.8 Å². The summed E-state index contributed by atoms with van der Waals surface area (Å²) in [6.45, 7) is 5.85. The molecule has 7 heteroatoms. The Kier molecular flexibility index (Phi) is 6.62. The number of hydrogen-bond donors (Lipinski definition) is 1. The van der Waals surface area contributed by atoms with E-state index < -0.39 is 11.9 Å². The van der Waals surface area contributed by atoms with Gasteiger partial charge in [-0.2, -0.15) is 0 Å². The van der Waals surface area contributed by atoms with Crippen molar-refractivity contribution in [3.05, 3.63) is 46.8 Å². The summed E-state index contributed by atoms with van der Waals surface area (Å²) in [4.78, 5) is 35.7. The maximum Gasteiger partial charge on any atom is 0.337 e. The molecule has 7 nitrogen and oxygen atoms in total. The molecule has 0 saturated carbocycles. The van der Waals surface area contributed by atoms with Gasteiger partial charge in [0.25, 0.3) is 5.91 Å². The van der Waals surface area contributed by atoms with Crippen molar-refractivity contribution >= 4 is 17.8 Å². The summed E-state index contributed by atoms with van der Waals surface area (Å²) in [5, 5.41) is 0. The molecule has 1 heterocycles. The van der Waals surface area contributed by atoms with Crippen molar-refractivity contribution in [2.75, 3.05) is 14.2 Å². The summed E-state index contributed by atoms with van der Waals surface area (Å²) >= 11 is 0. The Morgan fingerprint density at radius 1 is 1.07 bits per heavy atom. The number of primary amides is 1. The fourth-order valence-electron chi connectivity index (χ4n) is 3.54. The van der Waals surface area contributed by atoms with Crippen LogP contribution in [0.4, 0.5) is 0 Å². The number of nitrogens with zero attached hydrogens (tertiary/aromatic N) is 1. The van der Waals surface area contributed by atoms with Crippen LogP contribution < -0.4 is 5.73 Å². The molecule has 0 atom stereocenters. The maximum atomic E-state index is 12.3. The highest BCUT2D eigenvalue weighted by molar-refractivity contribution is 6.02. The molecular formula is C21H26N2O5. The Labute approximate surface area is 164 Å². The number of carbonyl (C=O) groups excluding carboxylic acids is 3. The van der Waals surface area contributed by atoms with Crippen molar-refractivity contribution in [3.8, 4) is 11.1 Å². The van der Waals surface area contributed by atoms with Gasteiger partial charge in [-0.3, -0.25) is 9.59 Å². The van der Waals surface area contributed by atoms with Gasteiger partial charge in [-0.25, -0.2) is 4.79 Å². The molecule has 0 aliphatic carbocycles. The fraction of sp³-hybridized carbons (Fsp3) is 0.381. The molecule has 2 rings (SSSR count). The summed E-state index contributed by atoms with van der Waals surface area (Å²) in [6.07, 6.45) is 0.575. The van der Waals surface area contributed by atoms with Crippen LogP contribution >= 0.6 is 0 Å². The molecular weight excluding hydrogens is 360 g/mol. The second-order valence-corrected chi connectivity index (χ2v) is 6.76. The van der Waals surface area contributed by atoms with Crippen LogP contribution in [0.1, 0.15) is 58.4 Å². The third kappa shape index (κ3) is 4.08. The van der Waals surface area contributed by atoms with Crippen LogP contribution in [0.15, 0.2) is 24.3 Å². The van der Waals surface area contributed by atoms with E-state index in [1.807, 2.05) is 25.3 Å². The lowest BCUT2D eigenvalue weighted by Crippen LogP contribution is -2.14. The molecule has 1 amide bonds. The molecule has 2 aromatic rings. The molecule has 0 spiro atoms. The summed E-state index contributed by atoms with van der Waals surface area (Å²) in [7, 11) is 2.66. The quantitative estimate of drug-likeness (QED) is 0.737. The van der Waals surface area contributed by atoms with Crippen LogP contribution in [0.3, 0.4) is 0 Å². The maximum absolute atomic E-state index is 12.3. The van der Waals surface area contributed by atoms with Gasteiger partial charge in [0.2, 0.25) is 0 Å². The Bertz CT molecular complexity index is 895. The number of rotatable bonds is 7. The van der Waals surface area contributed by atoms with Gasteiger partial charge < -0.3 is 19.8 Å². The van der Waals surface area contributed by atoms with E-state index in [1.165, 1.54) is 14.2 Å². The molecule has 150 valence electrons. The minimum atomic E-state index is -0.539. The second kappa shape index (κ2) is 8.73. The monoisotopic (exact) mass is 386 g/mol. The first kappa shape index (κ1) is 21.2. The average Bonchev–Trinajstić information content (AvgIpc) is 2.97. The lowest BCUT2D eigenvalue weighted by molar-refractivity contribution is -0.140. The number of ether oxygens (including phenoxy) is 2. The number of methoxy groups -OCH3 is 2. The number of amides is 1. The van der Waals surface area contributed by atoms with E-state index in [2.05, 4.69) is 0 Å². The predicted molar refractivity (Wildman–Crippen MR) is 105 cm³/mol. The van der Waals surface area contributed by atoms with Gasteiger partial charge in [-0.05, 0) is 44.9 Å². The molecule has 0 bridgehead atoms. The van der Waals surface area contributed by atoms with Crippen molar-refractivity contribution in [2.45, 2.75) is 39.7 Å². The molecule has 0 aliphatic rings. The Balaban J connectivity index is 2.68. The highest BCUT2D eigenvalue weighted by Crippen LogP contribution is 2.35. The smallest absolute Gasteiger partial charge is 0.337 e. The van der Waals surface area contributed by atoms with Gasteiger partial charge in [0.15, 0.2) is 0 Å². The van der Waals surface area contributed by atoms with Gasteiger partial charge in [0, 0.05) is 23.0 Å². The molecule has 1 aromatic carbocycles. The van der Waals surface area contributed by atoms with Crippen LogP contribution in [-0.2, 0) is 20.7 Å². The largest absolute Gasteiger partial charge is 0.469 e. The number of esters is 2. The molecule has 0 aliphatic heterocycles. The van der Waals surface area contributed by atoms with Crippen molar-refractivity contribution in [1.82, 2.24) is 4.57 Å². The Morgan fingerprint density at radius 3 is 2.14 bits per heavy atom. The van der Waals surface area contributed by atoms with E-state index in [-0.39, 0.29) is 18.4 Å². The average molecular weight is 386 g/mol. The third-order valence-corrected chi connectivity index (χ3v) is 4.70. The molecule has 0 fully saturated rings. The first-order valence-corrected chi connectivity index (χ1v) is 9.01. The van der Waals surface area contributed by atoms with Crippen molar-refractivity contribution < 1.29 is 23.9 Å². The van der Waals surface area contributed by atoms with E-state index >= 15 is 0 Å². The minimum absolute atomic E-state index is 0.0637. The summed E-state index contributed by atoms with van der Waals surface area (Å²) in [5.41, 5.74) is 9.52. The molecule has 0 saturated heterocycles. The van der Waals surface area contributed by atoms with Crippen LogP contribution in [0.5, 0.6) is 0 Å². The minimum Gasteiger partial charge on any atom is -0.469 e. The molecule has 2 N–H and O–H groups in total. The van der Waals surface area contributed by atoms with Gasteiger partial charge >= 0.3 is 11.9 Å². The SMILES string of the molecule is COC(=O)CCc1c(-c2ccc(C(=O)OC)cc2)c(C(N)=O)c(C)n1C(C)C. The number of carbonyl (C=O) groups is 3. The fourth-order valence-corrected chi connectivity index (χ4v) is 3.54. The lowest BCUT2D eigenvalue weighted by Gasteiger charge is -2.16. The third-order valence-electron chi connectivity index (χ3n) is 4.70. The first-order valence-electron chi connectivity index (χ1n) is 9.01. The van der Waals surface area contributed by atoms with Crippen molar-refractivity contribution in [1.29, 1.82) is 0 Å². The van der Waals surface area contributed by atoms with Gasteiger partial charge in [-0.1, -0.05) is 12.1 Å². The predicted octanol–water partition coefficient (Wildman–Crippen LogP) is 3.04. The van der Waals surface area contributed by atoms with Crippen LogP contribution in [-0.4, -0.2) is 36.6 Å². The van der Waals surface area contributed by atoms with E-state index in [9.17, 15) is 14.4 Å². The van der Waals surface area contributed by atoms with Crippen molar-refractivity contribution in [2.24, 2.45) is 5.73 Å². The summed E-state index contributed by atoms with van der Waals surface area (Å²) in [6, 6.07) is 6.84. The molecule has 28 heavy (non-hydrogen) atoms. The number of aromatic nitrogens is 1. The van der Waals surface area contributed by atoms with Crippen LogP contribution in [0.25, 0.3) is 11.1 Å². The Morgan fingerprint density at radius 2 is 1.68 bits per heavy atom. The molecule has 0 unspecified atom stereocenters. The zero-order valence-corrected chi connectivity index (χ0v) is 16.9. The van der Waals surface area contributed by atoms with Crippen molar-refractivity contribution in [3.63, 3.8) is 0 Å². The first-order chi connectivity index (χ1) is 13.2. The zero-order valence-electron chi connectivity index (χ0n) is 16.9. The Hall–Kier alpha value is -3.09. The second-order valence-electron chi connectivity index (χ2n) is 6.76. The van der Waals surface area contributed by atoms with Crippen LogP contribution in [0.2, 0.25) is 0 Å². The standard InChI is InChI=1S/C21H26N2O5/c1-12(2)23-13(3)18(20(22)25)19(16(23)10-11-17(24)27-4)14-6-8-15(9-7-14)21(26)28-5/h6-9,12H,10-11H2,1-5H3,(H2,22,25).